The molecule has 0 bridgehead atoms. The van der Waals surface area contributed by atoms with Gasteiger partial charge in [-0.2, -0.15) is 6.08 Å². The molecule has 0 nitrogen and oxygen atoms in total. The summed E-state index contributed by atoms with van der Waals surface area (Å²) < 4.78 is 0. The molecule has 1 radical (unpaired) electrons. The van der Waals surface area contributed by atoms with E-state index >= 15 is 0 Å². The third-order valence-corrected chi connectivity index (χ3v) is 0.586. The SMILES string of the molecule is [Br-].[Br-].[C-]1=CC=CC1.[Ru+3]. The summed E-state index contributed by atoms with van der Waals surface area (Å²) in [5.74, 6) is 0. The van der Waals surface area contributed by atoms with Gasteiger partial charge >= 0.3 is 19.5 Å². The average Bonchev–Trinajstić information content (AvgIpc) is 1.76. The maximum Gasteiger partial charge on any atom is 3.00 e. The van der Waals surface area contributed by atoms with Crippen LogP contribution in [0.3, 0.4) is 0 Å². The van der Waals surface area contributed by atoms with E-state index in [0.29, 0.717) is 0 Å². The van der Waals surface area contributed by atoms with Gasteiger partial charge in [-0.15, -0.1) is 6.42 Å². The summed E-state index contributed by atoms with van der Waals surface area (Å²) in [6.07, 6.45) is 10.0. The Hall–Kier alpha value is 1.06. The minimum absolute atomic E-state index is 0. The Bertz CT molecular complexity index is 68.5. The van der Waals surface area contributed by atoms with Crippen molar-refractivity contribution in [3.8, 4) is 0 Å². The number of rotatable bonds is 0. The van der Waals surface area contributed by atoms with Crippen LogP contribution in [0.25, 0.3) is 0 Å². The molecule has 0 saturated heterocycles. The first-order valence-electron chi connectivity index (χ1n) is 1.72. The van der Waals surface area contributed by atoms with Crippen LogP contribution < -0.4 is 34.0 Å². The molecule has 0 atom stereocenters. The fourth-order valence-corrected chi connectivity index (χ4v) is 0.340. The van der Waals surface area contributed by atoms with Crippen molar-refractivity contribution in [1.82, 2.24) is 0 Å². The topological polar surface area (TPSA) is 0 Å². The van der Waals surface area contributed by atoms with Crippen molar-refractivity contribution in [1.29, 1.82) is 0 Å². The minimum atomic E-state index is 0. The Morgan fingerprint density at radius 2 is 1.88 bits per heavy atom. The first-order valence-corrected chi connectivity index (χ1v) is 1.72. The van der Waals surface area contributed by atoms with E-state index in [-0.39, 0.29) is 53.4 Å². The monoisotopic (exact) mass is 325 g/mol. The quantitative estimate of drug-likeness (QED) is 0.310. The Labute approximate surface area is 83.7 Å². The van der Waals surface area contributed by atoms with E-state index < -0.39 is 0 Å². The summed E-state index contributed by atoms with van der Waals surface area (Å²) >= 11 is 0. The van der Waals surface area contributed by atoms with Crippen molar-refractivity contribution in [3.63, 3.8) is 0 Å². The van der Waals surface area contributed by atoms with E-state index in [1.807, 2.05) is 12.2 Å². The normalized spacial score (nSPS) is 11.0. The van der Waals surface area contributed by atoms with Gasteiger partial charge in [0.1, 0.15) is 0 Å². The van der Waals surface area contributed by atoms with Gasteiger partial charge in [0.2, 0.25) is 0 Å². The molecule has 0 aromatic carbocycles. The molecule has 0 aromatic rings. The number of hydrogen-bond donors (Lipinski definition) is 0. The summed E-state index contributed by atoms with van der Waals surface area (Å²) in [5, 5.41) is 0. The van der Waals surface area contributed by atoms with Crippen molar-refractivity contribution < 1.29 is 53.4 Å². The van der Waals surface area contributed by atoms with E-state index in [0.717, 1.165) is 6.42 Å². The standard InChI is InChI=1S/C5H5.2BrH.Ru/c1-2-4-5-3-1;;;/h1-3H,4H2;2*1H;/q-1;;;+3/p-2. The largest absolute Gasteiger partial charge is 3.00 e. The first kappa shape index (κ1) is 16.0. The molecule has 0 heterocycles. The average molecular weight is 326 g/mol. The summed E-state index contributed by atoms with van der Waals surface area (Å²) in [6, 6.07) is 0. The number of allylic oxidation sites excluding steroid dienone is 4. The first-order chi connectivity index (χ1) is 2.50. The molecule has 3 heteroatoms. The van der Waals surface area contributed by atoms with Crippen LogP contribution in [0, 0.1) is 6.08 Å². The van der Waals surface area contributed by atoms with E-state index in [9.17, 15) is 0 Å². The molecule has 0 unspecified atom stereocenters. The predicted octanol–water partition coefficient (Wildman–Crippen LogP) is -4.69. The van der Waals surface area contributed by atoms with Gasteiger partial charge in [-0.3, -0.25) is 6.08 Å². The molecule has 0 amide bonds. The fraction of sp³-hybridized carbons (Fsp3) is 0.200. The Morgan fingerprint density at radius 1 is 1.25 bits per heavy atom. The Balaban J connectivity index is -0.0000000833. The maximum atomic E-state index is 2.99. The molecular weight excluding hydrogens is 321 g/mol. The molecule has 1 aliphatic carbocycles. The Morgan fingerprint density at radius 3 is 2.00 bits per heavy atom. The van der Waals surface area contributed by atoms with Crippen LogP contribution in [0.1, 0.15) is 6.42 Å². The zero-order valence-electron chi connectivity index (χ0n) is 4.05. The zero-order chi connectivity index (χ0) is 3.54. The summed E-state index contributed by atoms with van der Waals surface area (Å²) in [7, 11) is 0. The second kappa shape index (κ2) is 10.9. The van der Waals surface area contributed by atoms with Crippen molar-refractivity contribution in [3.05, 3.63) is 24.3 Å². The molecule has 0 spiro atoms. The Kier molecular flexibility index (Phi) is 21.9. The molecular formula is C5H5Br2Ru. The molecule has 1 rings (SSSR count). The van der Waals surface area contributed by atoms with Crippen LogP contribution in [0.5, 0.6) is 0 Å². The van der Waals surface area contributed by atoms with Gasteiger partial charge in [0.25, 0.3) is 0 Å². The van der Waals surface area contributed by atoms with Crippen molar-refractivity contribution in [2.45, 2.75) is 6.42 Å². The van der Waals surface area contributed by atoms with E-state index in [2.05, 4.69) is 12.2 Å². The van der Waals surface area contributed by atoms with Crippen molar-refractivity contribution in [2.75, 3.05) is 0 Å². The predicted molar refractivity (Wildman–Crippen MR) is 21.6 cm³/mol. The second-order valence-electron chi connectivity index (χ2n) is 1.00. The van der Waals surface area contributed by atoms with Gasteiger partial charge in [0.05, 0.1) is 0 Å². The van der Waals surface area contributed by atoms with Crippen LogP contribution in [0.4, 0.5) is 0 Å². The van der Waals surface area contributed by atoms with Crippen LogP contribution >= 0.6 is 0 Å². The number of halogens is 2. The molecule has 0 saturated carbocycles. The van der Waals surface area contributed by atoms with Crippen LogP contribution in [-0.2, 0) is 19.5 Å². The van der Waals surface area contributed by atoms with E-state index in [4.69, 9.17) is 0 Å². The molecule has 0 aliphatic heterocycles. The smallest absolute Gasteiger partial charge is 1.00 e. The van der Waals surface area contributed by atoms with Crippen LogP contribution in [-0.4, -0.2) is 0 Å². The van der Waals surface area contributed by atoms with Gasteiger partial charge in [0.15, 0.2) is 0 Å². The van der Waals surface area contributed by atoms with Gasteiger partial charge in [0, 0.05) is 0 Å². The molecule has 0 N–H and O–H groups in total. The van der Waals surface area contributed by atoms with Crippen molar-refractivity contribution >= 4 is 0 Å². The minimum Gasteiger partial charge on any atom is -1.00 e. The summed E-state index contributed by atoms with van der Waals surface area (Å²) in [5.41, 5.74) is 0. The number of hydrogen-bond acceptors (Lipinski definition) is 0. The molecule has 0 aromatic heterocycles. The third kappa shape index (κ3) is 7.06. The summed E-state index contributed by atoms with van der Waals surface area (Å²) in [4.78, 5) is 0. The molecule has 0 fully saturated rings. The van der Waals surface area contributed by atoms with Gasteiger partial charge in [-0.05, 0) is 0 Å². The van der Waals surface area contributed by atoms with Gasteiger partial charge < -0.3 is 34.0 Å². The van der Waals surface area contributed by atoms with Gasteiger partial charge in [-0.25, -0.2) is 12.2 Å². The van der Waals surface area contributed by atoms with E-state index in [1.54, 1.807) is 0 Å². The molecule has 47 valence electrons. The van der Waals surface area contributed by atoms with Crippen LogP contribution in [0.2, 0.25) is 0 Å². The maximum absolute atomic E-state index is 2.99. The third-order valence-electron chi connectivity index (χ3n) is 0.586. The second-order valence-corrected chi connectivity index (χ2v) is 1.00. The van der Waals surface area contributed by atoms with E-state index in [1.165, 1.54) is 0 Å². The summed E-state index contributed by atoms with van der Waals surface area (Å²) in [6.45, 7) is 0. The van der Waals surface area contributed by atoms with Gasteiger partial charge in [-0.1, -0.05) is 0 Å². The van der Waals surface area contributed by atoms with Crippen LogP contribution in [0.15, 0.2) is 18.2 Å². The molecule has 8 heavy (non-hydrogen) atoms. The zero-order valence-corrected chi connectivity index (χ0v) is 8.96. The fourth-order valence-electron chi connectivity index (χ4n) is 0.340. The molecule has 1 aliphatic rings. The van der Waals surface area contributed by atoms with Crippen molar-refractivity contribution in [2.24, 2.45) is 0 Å².